The topological polar surface area (TPSA) is 54.4 Å². The number of aromatic nitrogens is 1. The third-order valence-corrected chi connectivity index (χ3v) is 3.53. The first-order valence-corrected chi connectivity index (χ1v) is 7.12. The van der Waals surface area contributed by atoms with Crippen molar-refractivity contribution in [2.24, 2.45) is 0 Å². The molecule has 4 heteroatoms. The van der Waals surface area contributed by atoms with E-state index in [0.717, 1.165) is 22.3 Å². The van der Waals surface area contributed by atoms with Gasteiger partial charge < -0.3 is 15.2 Å². The Morgan fingerprint density at radius 2 is 2.20 bits per heavy atom. The van der Waals surface area contributed by atoms with Crippen LogP contribution in [0.25, 0.3) is 10.9 Å². The highest BCUT2D eigenvalue weighted by Crippen LogP contribution is 2.24. The maximum absolute atomic E-state index is 9.38. The lowest BCUT2D eigenvalue weighted by atomic mass is 10.2. The van der Waals surface area contributed by atoms with Gasteiger partial charge in [0.2, 0.25) is 0 Å². The molecule has 20 heavy (non-hydrogen) atoms. The van der Waals surface area contributed by atoms with Crippen LogP contribution in [0.3, 0.4) is 0 Å². The highest BCUT2D eigenvalue weighted by molar-refractivity contribution is 5.84. The Balaban J connectivity index is 1.74. The highest BCUT2D eigenvalue weighted by Gasteiger charge is 2.24. The average molecular weight is 272 g/mol. The molecule has 1 fully saturated rings. The number of aliphatic hydroxyl groups excluding tert-OH is 1. The SMILES string of the molecule is Cc1ccc2cccc(OCC(CO)NC3CC3)c2n1. The van der Waals surface area contributed by atoms with Gasteiger partial charge in [0.1, 0.15) is 17.9 Å². The van der Waals surface area contributed by atoms with Crippen LogP contribution in [0.2, 0.25) is 0 Å². The Bertz CT molecular complexity index is 596. The standard InChI is InChI=1S/C16H20N2O2/c1-11-5-6-12-3-2-4-15(16(12)17-11)20-10-14(9-19)18-13-7-8-13/h2-6,13-14,18-19H,7-10H2,1H3. The second-order valence-corrected chi connectivity index (χ2v) is 5.41. The number of hydrogen-bond acceptors (Lipinski definition) is 4. The van der Waals surface area contributed by atoms with E-state index in [-0.39, 0.29) is 12.6 Å². The lowest BCUT2D eigenvalue weighted by molar-refractivity contribution is 0.183. The number of nitrogens with one attached hydrogen (secondary N) is 1. The number of aryl methyl sites for hydroxylation is 1. The summed E-state index contributed by atoms with van der Waals surface area (Å²) in [5, 5.41) is 13.8. The molecular formula is C16H20N2O2. The first-order chi connectivity index (χ1) is 9.76. The van der Waals surface area contributed by atoms with Crippen molar-refractivity contribution < 1.29 is 9.84 Å². The summed E-state index contributed by atoms with van der Waals surface area (Å²) in [6.45, 7) is 2.52. The summed E-state index contributed by atoms with van der Waals surface area (Å²) in [6, 6.07) is 10.5. The van der Waals surface area contributed by atoms with E-state index < -0.39 is 0 Å². The van der Waals surface area contributed by atoms with Crippen molar-refractivity contribution in [3.05, 3.63) is 36.0 Å². The van der Waals surface area contributed by atoms with Crippen LogP contribution in [0.1, 0.15) is 18.5 Å². The minimum atomic E-state index is -0.0115. The summed E-state index contributed by atoms with van der Waals surface area (Å²) in [4.78, 5) is 4.54. The molecule has 1 aliphatic rings. The van der Waals surface area contributed by atoms with Crippen molar-refractivity contribution in [2.45, 2.75) is 31.8 Å². The third-order valence-electron chi connectivity index (χ3n) is 3.53. The van der Waals surface area contributed by atoms with Crippen molar-refractivity contribution in [3.63, 3.8) is 0 Å². The molecule has 1 unspecified atom stereocenters. The molecular weight excluding hydrogens is 252 g/mol. The van der Waals surface area contributed by atoms with Gasteiger partial charge in [-0.05, 0) is 31.9 Å². The van der Waals surface area contributed by atoms with Gasteiger partial charge in [0, 0.05) is 17.1 Å². The molecule has 0 bridgehead atoms. The zero-order valence-electron chi connectivity index (χ0n) is 11.7. The quantitative estimate of drug-likeness (QED) is 0.845. The van der Waals surface area contributed by atoms with Gasteiger partial charge >= 0.3 is 0 Å². The van der Waals surface area contributed by atoms with Crippen molar-refractivity contribution in [1.82, 2.24) is 10.3 Å². The molecule has 1 atom stereocenters. The lowest BCUT2D eigenvalue weighted by Gasteiger charge is -2.17. The van der Waals surface area contributed by atoms with Crippen LogP contribution < -0.4 is 10.1 Å². The summed E-state index contributed by atoms with van der Waals surface area (Å²) in [7, 11) is 0. The molecule has 3 rings (SSSR count). The number of rotatable bonds is 6. The number of hydrogen-bond donors (Lipinski definition) is 2. The zero-order valence-corrected chi connectivity index (χ0v) is 11.7. The number of nitrogens with zero attached hydrogens (tertiary/aromatic N) is 1. The first kappa shape index (κ1) is 13.3. The van der Waals surface area contributed by atoms with E-state index in [2.05, 4.69) is 16.4 Å². The molecule has 0 amide bonds. The van der Waals surface area contributed by atoms with Gasteiger partial charge in [-0.25, -0.2) is 4.98 Å². The molecule has 0 radical (unpaired) electrons. The lowest BCUT2D eigenvalue weighted by Crippen LogP contribution is -2.39. The van der Waals surface area contributed by atoms with Crippen molar-refractivity contribution in [3.8, 4) is 5.75 Å². The van der Waals surface area contributed by atoms with E-state index >= 15 is 0 Å². The van der Waals surface area contributed by atoms with Gasteiger partial charge in [-0.3, -0.25) is 0 Å². The van der Waals surface area contributed by atoms with Crippen LogP contribution in [-0.2, 0) is 0 Å². The van der Waals surface area contributed by atoms with E-state index in [1.165, 1.54) is 12.8 Å². The van der Waals surface area contributed by atoms with Gasteiger partial charge in [-0.1, -0.05) is 18.2 Å². The van der Waals surface area contributed by atoms with Gasteiger partial charge in [-0.15, -0.1) is 0 Å². The maximum Gasteiger partial charge on any atom is 0.145 e. The van der Waals surface area contributed by atoms with E-state index in [1.54, 1.807) is 0 Å². The second-order valence-electron chi connectivity index (χ2n) is 5.41. The van der Waals surface area contributed by atoms with Crippen LogP contribution >= 0.6 is 0 Å². The van der Waals surface area contributed by atoms with Crippen molar-refractivity contribution in [2.75, 3.05) is 13.2 Å². The van der Waals surface area contributed by atoms with Crippen LogP contribution in [-0.4, -0.2) is 35.4 Å². The molecule has 2 aromatic rings. The fourth-order valence-electron chi connectivity index (χ4n) is 2.26. The van der Waals surface area contributed by atoms with Crippen LogP contribution in [0.5, 0.6) is 5.75 Å². The number of pyridine rings is 1. The molecule has 4 nitrogen and oxygen atoms in total. The van der Waals surface area contributed by atoms with E-state index in [1.807, 2.05) is 31.2 Å². The molecule has 0 saturated heterocycles. The summed E-state index contributed by atoms with van der Waals surface area (Å²) in [5.41, 5.74) is 1.86. The fraction of sp³-hybridized carbons (Fsp3) is 0.438. The normalized spacial score (nSPS) is 16.3. The molecule has 2 N–H and O–H groups in total. The largest absolute Gasteiger partial charge is 0.490 e. The first-order valence-electron chi connectivity index (χ1n) is 7.12. The van der Waals surface area contributed by atoms with Gasteiger partial charge in [0.15, 0.2) is 0 Å². The number of benzene rings is 1. The molecule has 1 heterocycles. The van der Waals surface area contributed by atoms with E-state index in [9.17, 15) is 5.11 Å². The van der Waals surface area contributed by atoms with Crippen molar-refractivity contribution in [1.29, 1.82) is 0 Å². The Kier molecular flexibility index (Phi) is 3.85. The number of para-hydroxylation sites is 1. The summed E-state index contributed by atoms with van der Waals surface area (Å²) >= 11 is 0. The predicted molar refractivity (Wildman–Crippen MR) is 79.0 cm³/mol. The summed E-state index contributed by atoms with van der Waals surface area (Å²) in [6.07, 6.45) is 2.40. The number of ether oxygens (including phenoxy) is 1. The molecule has 0 spiro atoms. The molecule has 0 aliphatic heterocycles. The predicted octanol–water partition coefficient (Wildman–Crippen LogP) is 2.03. The van der Waals surface area contributed by atoms with Gasteiger partial charge in [0.25, 0.3) is 0 Å². The average Bonchev–Trinajstić information content (AvgIpc) is 3.27. The second kappa shape index (κ2) is 5.77. The van der Waals surface area contributed by atoms with Crippen molar-refractivity contribution >= 4 is 10.9 Å². The summed E-state index contributed by atoms with van der Waals surface area (Å²) in [5.74, 6) is 0.780. The Morgan fingerprint density at radius 1 is 1.35 bits per heavy atom. The van der Waals surface area contributed by atoms with Crippen LogP contribution in [0, 0.1) is 6.92 Å². The molecule has 1 aromatic heterocycles. The Labute approximate surface area is 118 Å². The highest BCUT2D eigenvalue weighted by atomic mass is 16.5. The number of aliphatic hydroxyl groups is 1. The minimum Gasteiger partial charge on any atom is -0.490 e. The van der Waals surface area contributed by atoms with E-state index in [0.29, 0.717) is 12.6 Å². The molecule has 106 valence electrons. The molecule has 1 aliphatic carbocycles. The minimum absolute atomic E-state index is 0.0115. The fourth-order valence-corrected chi connectivity index (χ4v) is 2.26. The molecule has 1 aromatic carbocycles. The van der Waals surface area contributed by atoms with E-state index in [4.69, 9.17) is 4.74 Å². The Hall–Kier alpha value is -1.65. The van der Waals surface area contributed by atoms with Crippen LogP contribution in [0.15, 0.2) is 30.3 Å². The van der Waals surface area contributed by atoms with Crippen LogP contribution in [0.4, 0.5) is 0 Å². The molecule has 1 saturated carbocycles. The van der Waals surface area contributed by atoms with Gasteiger partial charge in [-0.2, -0.15) is 0 Å². The Morgan fingerprint density at radius 3 is 2.95 bits per heavy atom. The number of fused-ring (bicyclic) bond motifs is 1. The summed E-state index contributed by atoms with van der Waals surface area (Å²) < 4.78 is 5.87. The maximum atomic E-state index is 9.38. The zero-order chi connectivity index (χ0) is 13.9. The monoisotopic (exact) mass is 272 g/mol. The third kappa shape index (κ3) is 3.08. The van der Waals surface area contributed by atoms with Gasteiger partial charge in [0.05, 0.1) is 12.6 Å². The smallest absolute Gasteiger partial charge is 0.145 e.